The molecule has 0 N–H and O–H groups in total. The third kappa shape index (κ3) is 3.68. The molecule has 178 valence electrons. The number of benzene rings is 4. The number of halogens is 3. The van der Waals surface area contributed by atoms with E-state index in [0.717, 1.165) is 11.4 Å². The number of fused-ring (bicyclic) bond motifs is 5. The SMILES string of the molecule is CC1=CC(c2ccc(Cl)cc2)C2=c3ccccc3=CC2=C1c1cccc2c1Cc1ccccc1-2.Cl.Cl. The van der Waals surface area contributed by atoms with Gasteiger partial charge in [-0.3, -0.25) is 0 Å². The van der Waals surface area contributed by atoms with Crippen molar-refractivity contribution in [3.05, 3.63) is 146 Å². The first-order valence-electron chi connectivity index (χ1n) is 11.9. The third-order valence-corrected chi connectivity index (χ3v) is 7.83. The van der Waals surface area contributed by atoms with Gasteiger partial charge in [-0.1, -0.05) is 96.5 Å². The minimum absolute atomic E-state index is 0. The average Bonchev–Trinajstić information content (AvgIpc) is 3.43. The molecule has 0 bridgehead atoms. The fourth-order valence-electron chi connectivity index (χ4n) is 6.10. The monoisotopic (exact) mass is 526 g/mol. The first-order chi connectivity index (χ1) is 16.7. The highest BCUT2D eigenvalue weighted by molar-refractivity contribution is 6.30. The van der Waals surface area contributed by atoms with Crippen molar-refractivity contribution in [1.29, 1.82) is 0 Å². The molecule has 0 radical (unpaired) electrons. The first kappa shape index (κ1) is 24.7. The summed E-state index contributed by atoms with van der Waals surface area (Å²) in [6.07, 6.45) is 5.85. The lowest BCUT2D eigenvalue weighted by Crippen LogP contribution is -2.24. The van der Waals surface area contributed by atoms with Crippen LogP contribution in [0.2, 0.25) is 5.02 Å². The second-order valence-electron chi connectivity index (χ2n) is 9.48. The molecule has 1 unspecified atom stereocenters. The lowest BCUT2D eigenvalue weighted by atomic mass is 9.75. The molecule has 4 aromatic carbocycles. The van der Waals surface area contributed by atoms with E-state index in [1.807, 2.05) is 12.1 Å². The molecule has 1 atom stereocenters. The van der Waals surface area contributed by atoms with E-state index < -0.39 is 0 Å². The summed E-state index contributed by atoms with van der Waals surface area (Å²) in [6, 6.07) is 32.8. The van der Waals surface area contributed by atoms with Crippen molar-refractivity contribution in [2.75, 3.05) is 0 Å². The Balaban J connectivity index is 0.00000133. The summed E-state index contributed by atoms with van der Waals surface area (Å²) in [5.74, 6) is 0.213. The van der Waals surface area contributed by atoms with Crippen LogP contribution in [0.5, 0.6) is 0 Å². The van der Waals surface area contributed by atoms with Crippen molar-refractivity contribution in [1.82, 2.24) is 0 Å². The predicted molar refractivity (Wildman–Crippen MR) is 158 cm³/mol. The zero-order valence-electron chi connectivity index (χ0n) is 19.8. The molecule has 3 aliphatic carbocycles. The zero-order chi connectivity index (χ0) is 22.8. The molecule has 0 aliphatic heterocycles. The summed E-state index contributed by atoms with van der Waals surface area (Å²) < 4.78 is 0. The summed E-state index contributed by atoms with van der Waals surface area (Å²) in [7, 11) is 0. The summed E-state index contributed by atoms with van der Waals surface area (Å²) in [5, 5.41) is 3.43. The van der Waals surface area contributed by atoms with Crippen molar-refractivity contribution in [2.24, 2.45) is 0 Å². The van der Waals surface area contributed by atoms with Gasteiger partial charge in [0, 0.05) is 10.9 Å². The second-order valence-corrected chi connectivity index (χ2v) is 9.91. The van der Waals surface area contributed by atoms with Crippen LogP contribution in [-0.4, -0.2) is 0 Å². The average molecular weight is 528 g/mol. The Bertz CT molecular complexity index is 1690. The molecule has 0 nitrogen and oxygen atoms in total. The van der Waals surface area contributed by atoms with Crippen LogP contribution in [0.15, 0.2) is 108 Å². The molecule has 0 heterocycles. The summed E-state index contributed by atoms with van der Waals surface area (Å²) >= 11 is 6.23. The normalized spacial score (nSPS) is 16.6. The molecule has 36 heavy (non-hydrogen) atoms. The molecular weight excluding hydrogens is 503 g/mol. The van der Waals surface area contributed by atoms with Gasteiger partial charge in [-0.2, -0.15) is 0 Å². The standard InChI is InChI=1S/C33H23Cl.2ClH/c1-20-17-29(21-13-15-24(34)16-14-21)33-26-10-5-3-8-23(26)19-31(33)32(20)28-12-6-11-27-25-9-4-2-7-22(25)18-30(27)28;;/h2-17,19,29H,18H2,1H3;2*1H. The van der Waals surface area contributed by atoms with E-state index in [1.54, 1.807) is 0 Å². The van der Waals surface area contributed by atoms with Crippen LogP contribution >= 0.6 is 36.4 Å². The molecule has 0 amide bonds. The maximum Gasteiger partial charge on any atom is 0.0406 e. The van der Waals surface area contributed by atoms with Crippen LogP contribution in [0.4, 0.5) is 0 Å². The molecule has 0 aromatic heterocycles. The van der Waals surface area contributed by atoms with Crippen LogP contribution in [0, 0.1) is 0 Å². The molecule has 0 spiro atoms. The van der Waals surface area contributed by atoms with Gasteiger partial charge in [0.15, 0.2) is 0 Å². The van der Waals surface area contributed by atoms with Crippen LogP contribution in [0.3, 0.4) is 0 Å². The van der Waals surface area contributed by atoms with Gasteiger partial charge in [0.1, 0.15) is 0 Å². The Hall–Kier alpha value is -3.03. The molecule has 0 saturated heterocycles. The van der Waals surface area contributed by atoms with Crippen molar-refractivity contribution in [3.8, 4) is 11.1 Å². The van der Waals surface area contributed by atoms with Gasteiger partial charge in [-0.25, -0.2) is 0 Å². The summed E-state index contributed by atoms with van der Waals surface area (Å²) in [5.41, 5.74) is 13.8. The lowest BCUT2D eigenvalue weighted by molar-refractivity contribution is 1.07. The highest BCUT2D eigenvalue weighted by Gasteiger charge is 2.31. The Labute approximate surface area is 229 Å². The van der Waals surface area contributed by atoms with Gasteiger partial charge in [0.25, 0.3) is 0 Å². The molecule has 7 rings (SSSR count). The quantitative estimate of drug-likeness (QED) is 0.219. The van der Waals surface area contributed by atoms with E-state index in [0.29, 0.717) is 0 Å². The highest BCUT2D eigenvalue weighted by Crippen LogP contribution is 2.48. The van der Waals surface area contributed by atoms with Crippen molar-refractivity contribution in [3.63, 3.8) is 0 Å². The molecule has 4 aromatic rings. The first-order valence-corrected chi connectivity index (χ1v) is 12.3. The Kier molecular flexibility index (Phi) is 6.47. The van der Waals surface area contributed by atoms with Gasteiger partial charge >= 0.3 is 0 Å². The van der Waals surface area contributed by atoms with E-state index >= 15 is 0 Å². The Morgan fingerprint density at radius 2 is 1.42 bits per heavy atom. The Morgan fingerprint density at radius 1 is 0.722 bits per heavy atom. The van der Waals surface area contributed by atoms with E-state index in [4.69, 9.17) is 11.6 Å². The van der Waals surface area contributed by atoms with Gasteiger partial charge < -0.3 is 0 Å². The summed E-state index contributed by atoms with van der Waals surface area (Å²) in [6.45, 7) is 2.28. The maximum absolute atomic E-state index is 6.23. The van der Waals surface area contributed by atoms with Crippen molar-refractivity contribution < 1.29 is 0 Å². The van der Waals surface area contributed by atoms with Crippen molar-refractivity contribution >= 4 is 53.6 Å². The van der Waals surface area contributed by atoms with Gasteiger partial charge in [0.05, 0.1) is 0 Å². The molecule has 0 fully saturated rings. The lowest BCUT2D eigenvalue weighted by Gasteiger charge is -2.28. The van der Waals surface area contributed by atoms with Gasteiger partial charge in [-0.05, 0) is 97.7 Å². The number of rotatable bonds is 2. The van der Waals surface area contributed by atoms with Gasteiger partial charge in [0.2, 0.25) is 0 Å². The number of allylic oxidation sites excluding steroid dienone is 4. The largest absolute Gasteiger partial charge is 0.147 e. The van der Waals surface area contributed by atoms with E-state index in [9.17, 15) is 0 Å². The maximum atomic E-state index is 6.23. The third-order valence-electron chi connectivity index (χ3n) is 7.58. The Morgan fingerprint density at radius 3 is 2.25 bits per heavy atom. The van der Waals surface area contributed by atoms with Crippen LogP contribution in [0.1, 0.15) is 35.1 Å². The van der Waals surface area contributed by atoms with E-state index in [1.165, 1.54) is 66.1 Å². The molecule has 3 aliphatic rings. The predicted octanol–water partition coefficient (Wildman–Crippen LogP) is 7.90. The fourth-order valence-corrected chi connectivity index (χ4v) is 6.23. The fraction of sp³-hybridized carbons (Fsp3) is 0.0909. The minimum atomic E-state index is 0. The molecular formula is C33H25Cl3. The zero-order valence-corrected chi connectivity index (χ0v) is 22.2. The smallest absolute Gasteiger partial charge is 0.0406 e. The number of hydrogen-bond donors (Lipinski definition) is 0. The molecule has 3 heteroatoms. The van der Waals surface area contributed by atoms with Crippen LogP contribution in [0.25, 0.3) is 28.3 Å². The highest BCUT2D eigenvalue weighted by atomic mass is 35.5. The number of hydrogen-bond acceptors (Lipinski definition) is 0. The summed E-state index contributed by atoms with van der Waals surface area (Å²) in [4.78, 5) is 0. The molecule has 0 saturated carbocycles. The van der Waals surface area contributed by atoms with Crippen molar-refractivity contribution in [2.45, 2.75) is 19.3 Å². The minimum Gasteiger partial charge on any atom is -0.147 e. The van der Waals surface area contributed by atoms with E-state index in [2.05, 4.69) is 97.9 Å². The van der Waals surface area contributed by atoms with Gasteiger partial charge in [-0.15, -0.1) is 24.8 Å². The second kappa shape index (κ2) is 9.45. The van der Waals surface area contributed by atoms with E-state index in [-0.39, 0.29) is 30.7 Å². The topological polar surface area (TPSA) is 0 Å². The van der Waals surface area contributed by atoms with Crippen LogP contribution < -0.4 is 10.4 Å². The van der Waals surface area contributed by atoms with Crippen LogP contribution in [-0.2, 0) is 6.42 Å².